The van der Waals surface area contributed by atoms with Gasteiger partial charge in [-0.1, -0.05) is 67.6 Å². The van der Waals surface area contributed by atoms with Crippen LogP contribution in [0.5, 0.6) is 0 Å². The van der Waals surface area contributed by atoms with Gasteiger partial charge in [-0.05, 0) is 24.5 Å². The molecule has 2 aromatic carbocycles. The summed E-state index contributed by atoms with van der Waals surface area (Å²) in [4.78, 5) is 37.8. The van der Waals surface area contributed by atoms with Gasteiger partial charge in [0.25, 0.3) is 0 Å². The van der Waals surface area contributed by atoms with E-state index in [1.165, 1.54) is 0 Å². The molecule has 0 aromatic heterocycles. The maximum Gasteiger partial charge on any atom is 0.338 e. The Balaban J connectivity index is 1.88. The molecule has 7 nitrogen and oxygen atoms in total. The molecule has 7 heteroatoms. The number of hydrogen-bond acceptors (Lipinski definition) is 5. The Labute approximate surface area is 181 Å². The van der Waals surface area contributed by atoms with Crippen LogP contribution in [0, 0.1) is 0 Å². The highest BCUT2D eigenvalue weighted by Crippen LogP contribution is 2.28. The zero-order valence-corrected chi connectivity index (χ0v) is 17.6. The molecule has 0 fully saturated rings. The Morgan fingerprint density at radius 3 is 2.23 bits per heavy atom. The number of nitrogens with one attached hydrogen (secondary N) is 2. The fraction of sp³-hybridized carbons (Fsp3) is 0.292. The summed E-state index contributed by atoms with van der Waals surface area (Å²) in [5.41, 5.74) is 2.01. The normalized spacial score (nSPS) is 16.7. The third kappa shape index (κ3) is 5.31. The van der Waals surface area contributed by atoms with Crippen molar-refractivity contribution in [1.82, 2.24) is 10.6 Å². The van der Waals surface area contributed by atoms with Gasteiger partial charge in [-0.2, -0.15) is 0 Å². The summed E-state index contributed by atoms with van der Waals surface area (Å²) in [6, 6.07) is 17.3. The fourth-order valence-electron chi connectivity index (χ4n) is 3.54. The Kier molecular flexibility index (Phi) is 7.43. The van der Waals surface area contributed by atoms with Crippen LogP contribution in [0.15, 0.2) is 71.9 Å². The van der Waals surface area contributed by atoms with Crippen LogP contribution in [-0.2, 0) is 19.1 Å². The van der Waals surface area contributed by atoms with Crippen LogP contribution in [-0.4, -0.2) is 31.2 Å². The molecule has 1 aliphatic rings. The van der Waals surface area contributed by atoms with E-state index in [0.717, 1.165) is 11.1 Å². The Morgan fingerprint density at radius 2 is 1.61 bits per heavy atom. The van der Waals surface area contributed by atoms with Crippen molar-refractivity contribution in [3.63, 3.8) is 0 Å². The first-order valence-corrected chi connectivity index (χ1v) is 10.3. The highest BCUT2D eigenvalue weighted by Gasteiger charge is 2.34. The number of amides is 2. The van der Waals surface area contributed by atoms with Crippen LogP contribution in [0.25, 0.3) is 0 Å². The van der Waals surface area contributed by atoms with E-state index in [2.05, 4.69) is 10.6 Å². The van der Waals surface area contributed by atoms with E-state index in [1.54, 1.807) is 6.92 Å². The second-order valence-electron chi connectivity index (χ2n) is 7.03. The smallest absolute Gasteiger partial charge is 0.338 e. The maximum absolute atomic E-state index is 12.8. The van der Waals surface area contributed by atoms with Gasteiger partial charge >= 0.3 is 18.0 Å². The van der Waals surface area contributed by atoms with Crippen LogP contribution in [0.4, 0.5) is 4.79 Å². The lowest BCUT2D eigenvalue weighted by Gasteiger charge is -2.29. The van der Waals surface area contributed by atoms with Gasteiger partial charge in [-0.15, -0.1) is 0 Å². The fourth-order valence-corrected chi connectivity index (χ4v) is 3.54. The minimum absolute atomic E-state index is 0.177. The monoisotopic (exact) mass is 422 g/mol. The predicted molar refractivity (Wildman–Crippen MR) is 115 cm³/mol. The molecule has 2 aromatic rings. The maximum atomic E-state index is 12.8. The van der Waals surface area contributed by atoms with Gasteiger partial charge in [0.1, 0.15) is 6.61 Å². The van der Waals surface area contributed by atoms with Crippen LogP contribution in [0.1, 0.15) is 43.4 Å². The van der Waals surface area contributed by atoms with Gasteiger partial charge in [-0.3, -0.25) is 4.79 Å². The second kappa shape index (κ2) is 10.4. The number of carbonyl (C=O) groups is 3. The first-order valence-electron chi connectivity index (χ1n) is 10.3. The third-order valence-corrected chi connectivity index (χ3v) is 5.04. The molecule has 0 saturated carbocycles. The van der Waals surface area contributed by atoms with Crippen LogP contribution in [0.2, 0.25) is 0 Å². The summed E-state index contributed by atoms with van der Waals surface area (Å²) in [6.07, 6.45) is 0.563. The molecule has 0 bridgehead atoms. The Morgan fingerprint density at radius 1 is 0.968 bits per heavy atom. The first kappa shape index (κ1) is 22.1. The van der Waals surface area contributed by atoms with Crippen molar-refractivity contribution in [3.8, 4) is 0 Å². The Hall–Kier alpha value is -3.61. The van der Waals surface area contributed by atoms with E-state index >= 15 is 0 Å². The lowest BCUT2D eigenvalue weighted by Crippen LogP contribution is -2.47. The molecule has 3 rings (SSSR count). The molecule has 0 aliphatic carbocycles. The zero-order valence-electron chi connectivity index (χ0n) is 17.6. The van der Waals surface area contributed by atoms with Crippen LogP contribution in [0.3, 0.4) is 0 Å². The molecule has 2 atom stereocenters. The summed E-state index contributed by atoms with van der Waals surface area (Å²) >= 11 is 0. The summed E-state index contributed by atoms with van der Waals surface area (Å²) < 4.78 is 10.7. The van der Waals surface area contributed by atoms with Gasteiger partial charge < -0.3 is 20.1 Å². The number of rotatable bonds is 8. The van der Waals surface area contributed by atoms with Gasteiger partial charge in [-0.25, -0.2) is 9.59 Å². The number of hydrogen-bond donors (Lipinski definition) is 2. The molecule has 0 unspecified atom stereocenters. The second-order valence-corrected chi connectivity index (χ2v) is 7.03. The van der Waals surface area contributed by atoms with E-state index in [4.69, 9.17) is 9.47 Å². The molecule has 2 N–H and O–H groups in total. The molecule has 1 heterocycles. The molecular weight excluding hydrogens is 396 g/mol. The van der Waals surface area contributed by atoms with Crippen molar-refractivity contribution in [2.24, 2.45) is 0 Å². The zero-order chi connectivity index (χ0) is 22.2. The molecule has 2 amide bonds. The minimum Gasteiger partial charge on any atom is -0.463 e. The van der Waals surface area contributed by atoms with Crippen LogP contribution >= 0.6 is 0 Å². The number of benzene rings is 2. The molecule has 0 radical (unpaired) electrons. The largest absolute Gasteiger partial charge is 0.463 e. The number of ether oxygens (including phenoxy) is 2. The topological polar surface area (TPSA) is 93.7 Å². The Bertz CT molecular complexity index is 956. The van der Waals surface area contributed by atoms with Crippen molar-refractivity contribution in [1.29, 1.82) is 0 Å². The van der Waals surface area contributed by atoms with Crippen molar-refractivity contribution < 1.29 is 23.9 Å². The van der Waals surface area contributed by atoms with Crippen LogP contribution < -0.4 is 10.6 Å². The van der Waals surface area contributed by atoms with Crippen molar-refractivity contribution in [2.75, 3.05) is 13.2 Å². The van der Waals surface area contributed by atoms with E-state index < -0.39 is 29.9 Å². The highest BCUT2D eigenvalue weighted by atomic mass is 16.5. The number of esters is 2. The van der Waals surface area contributed by atoms with Crippen molar-refractivity contribution in [2.45, 2.75) is 32.2 Å². The summed E-state index contributed by atoms with van der Waals surface area (Å²) in [7, 11) is 0. The highest BCUT2D eigenvalue weighted by molar-refractivity contribution is 5.95. The first-order chi connectivity index (χ1) is 15.0. The number of carbonyl (C=O) groups excluding carboxylic acids is 3. The van der Waals surface area contributed by atoms with E-state index in [9.17, 15) is 14.4 Å². The van der Waals surface area contributed by atoms with E-state index in [-0.39, 0.29) is 24.5 Å². The van der Waals surface area contributed by atoms with Gasteiger partial charge in [0.05, 0.1) is 29.8 Å². The SMILES string of the molecule is CCOC(=O)C1=C(COC(=O)[C@H](CC)c2ccccc2)NC(=O)N[C@H]1c1ccccc1. The summed E-state index contributed by atoms with van der Waals surface area (Å²) in [6.45, 7) is 3.54. The van der Waals surface area contributed by atoms with Crippen molar-refractivity contribution >= 4 is 18.0 Å². The quantitative estimate of drug-likeness (QED) is 0.634. The van der Waals surface area contributed by atoms with E-state index in [1.807, 2.05) is 67.6 Å². The third-order valence-electron chi connectivity index (χ3n) is 5.04. The van der Waals surface area contributed by atoms with Crippen molar-refractivity contribution in [3.05, 3.63) is 83.1 Å². The number of urea groups is 1. The molecule has 0 saturated heterocycles. The molecule has 31 heavy (non-hydrogen) atoms. The average molecular weight is 422 g/mol. The summed E-state index contributed by atoms with van der Waals surface area (Å²) in [5, 5.41) is 5.36. The molecule has 162 valence electrons. The standard InChI is InChI=1S/C24H26N2O5/c1-3-18(16-11-7-5-8-12-16)22(27)31-15-19-20(23(28)30-4-2)21(26-24(29)25-19)17-13-9-6-10-14-17/h5-14,18,21H,3-4,15H2,1-2H3,(H2,25,26,29)/t18-,21+/m1/s1. The minimum atomic E-state index is -0.709. The molecular formula is C24H26N2O5. The lowest BCUT2D eigenvalue weighted by molar-refractivity contribution is -0.145. The average Bonchev–Trinajstić information content (AvgIpc) is 2.79. The molecule has 0 spiro atoms. The predicted octanol–water partition coefficient (Wildman–Crippen LogP) is 3.59. The summed E-state index contributed by atoms with van der Waals surface area (Å²) in [5.74, 6) is -1.44. The van der Waals surface area contributed by atoms with Gasteiger partial charge in [0, 0.05) is 0 Å². The van der Waals surface area contributed by atoms with Gasteiger partial charge in [0.15, 0.2) is 0 Å². The van der Waals surface area contributed by atoms with E-state index in [0.29, 0.717) is 6.42 Å². The molecule has 1 aliphatic heterocycles. The lowest BCUT2D eigenvalue weighted by atomic mass is 9.95. The van der Waals surface area contributed by atoms with Gasteiger partial charge in [0.2, 0.25) is 0 Å².